The van der Waals surface area contributed by atoms with Crippen LogP contribution in [0.5, 0.6) is 0 Å². The first-order chi connectivity index (χ1) is 11.4. The van der Waals surface area contributed by atoms with E-state index < -0.39 is 43.2 Å². The molecule has 0 saturated carbocycles. The molecule has 138 valence electrons. The number of carbonyl (C=O) groups is 2. The minimum absolute atomic E-state index is 0.142. The maximum Gasteiger partial charge on any atom is 0.410 e. The van der Waals surface area contributed by atoms with Crippen LogP contribution >= 0.6 is 23.2 Å². The third-order valence-electron chi connectivity index (χ3n) is 3.31. The summed E-state index contributed by atoms with van der Waals surface area (Å²) in [5.41, 5.74) is -0.671. The van der Waals surface area contributed by atoms with Crippen LogP contribution in [-0.4, -0.2) is 48.1 Å². The molecule has 1 aliphatic rings. The minimum Gasteiger partial charge on any atom is -0.444 e. The van der Waals surface area contributed by atoms with Crippen LogP contribution in [0.25, 0.3) is 0 Å². The SMILES string of the molecule is CC(C)(C)OC(=O)N1CC(=O)N(c2ccc(Cl)c(Cl)c2)CC(F)(F)C1. The Labute approximate surface area is 154 Å². The van der Waals surface area contributed by atoms with Gasteiger partial charge in [0.25, 0.3) is 5.92 Å². The summed E-state index contributed by atoms with van der Waals surface area (Å²) in [4.78, 5) is 26.2. The topological polar surface area (TPSA) is 49.9 Å². The highest BCUT2D eigenvalue weighted by molar-refractivity contribution is 6.42. The second-order valence-electron chi connectivity index (χ2n) is 6.77. The summed E-state index contributed by atoms with van der Waals surface area (Å²) in [6, 6.07) is 4.17. The molecule has 1 heterocycles. The maximum absolute atomic E-state index is 14.3. The van der Waals surface area contributed by atoms with Crippen LogP contribution in [0.1, 0.15) is 20.8 Å². The molecule has 0 bridgehead atoms. The van der Waals surface area contributed by atoms with Crippen LogP contribution in [0.4, 0.5) is 19.3 Å². The summed E-state index contributed by atoms with van der Waals surface area (Å²) in [6.07, 6.45) is -0.962. The Morgan fingerprint density at radius 3 is 2.40 bits per heavy atom. The Morgan fingerprint density at radius 1 is 1.20 bits per heavy atom. The number of nitrogens with zero attached hydrogens (tertiary/aromatic N) is 2. The lowest BCUT2D eigenvalue weighted by molar-refractivity contribution is -0.119. The predicted octanol–water partition coefficient (Wildman–Crippen LogP) is 4.21. The molecule has 0 aliphatic carbocycles. The molecule has 0 N–H and O–H groups in total. The highest BCUT2D eigenvalue weighted by Crippen LogP contribution is 2.31. The Kier molecular flexibility index (Phi) is 5.49. The van der Waals surface area contributed by atoms with Gasteiger partial charge in [-0.2, -0.15) is 0 Å². The molecule has 0 atom stereocenters. The predicted molar refractivity (Wildman–Crippen MR) is 91.6 cm³/mol. The van der Waals surface area contributed by atoms with E-state index in [0.29, 0.717) is 4.90 Å². The van der Waals surface area contributed by atoms with Gasteiger partial charge in [0.1, 0.15) is 12.1 Å². The van der Waals surface area contributed by atoms with Gasteiger partial charge in [0.2, 0.25) is 5.91 Å². The molecular weight excluding hydrogens is 377 g/mol. The number of rotatable bonds is 1. The zero-order valence-electron chi connectivity index (χ0n) is 14.0. The van der Waals surface area contributed by atoms with Gasteiger partial charge < -0.3 is 9.64 Å². The fourth-order valence-corrected chi connectivity index (χ4v) is 2.59. The quantitative estimate of drug-likeness (QED) is 0.716. The summed E-state index contributed by atoms with van der Waals surface area (Å²) in [5, 5.41) is 0.387. The summed E-state index contributed by atoms with van der Waals surface area (Å²) in [5.74, 6) is -3.98. The van der Waals surface area contributed by atoms with Crippen molar-refractivity contribution < 1.29 is 23.1 Å². The Morgan fingerprint density at radius 2 is 1.84 bits per heavy atom. The monoisotopic (exact) mass is 394 g/mol. The number of amides is 2. The lowest BCUT2D eigenvalue weighted by Crippen LogP contribution is -2.44. The van der Waals surface area contributed by atoms with E-state index in [9.17, 15) is 18.4 Å². The summed E-state index contributed by atoms with van der Waals surface area (Å²) >= 11 is 11.7. The molecule has 5 nitrogen and oxygen atoms in total. The molecule has 1 aromatic rings. The second kappa shape index (κ2) is 6.96. The first kappa shape index (κ1) is 19.7. The van der Waals surface area contributed by atoms with E-state index in [2.05, 4.69) is 0 Å². The lowest BCUT2D eigenvalue weighted by atomic mass is 10.2. The van der Waals surface area contributed by atoms with E-state index in [-0.39, 0.29) is 15.7 Å². The number of hydrogen-bond acceptors (Lipinski definition) is 3. The fraction of sp³-hybridized carbons (Fsp3) is 0.500. The van der Waals surface area contributed by atoms with Crippen LogP contribution in [0.2, 0.25) is 10.0 Å². The molecule has 9 heteroatoms. The van der Waals surface area contributed by atoms with Gasteiger partial charge in [0.05, 0.1) is 23.1 Å². The van der Waals surface area contributed by atoms with Crippen molar-refractivity contribution >= 4 is 40.9 Å². The number of carbonyl (C=O) groups excluding carboxylic acids is 2. The average Bonchev–Trinajstić information content (AvgIpc) is 2.56. The van der Waals surface area contributed by atoms with Gasteiger partial charge in [-0.25, -0.2) is 13.6 Å². The third kappa shape index (κ3) is 5.19. The molecule has 0 unspecified atom stereocenters. The van der Waals surface area contributed by atoms with Gasteiger partial charge in [-0.1, -0.05) is 23.2 Å². The van der Waals surface area contributed by atoms with E-state index in [0.717, 1.165) is 4.90 Å². The second-order valence-corrected chi connectivity index (χ2v) is 7.59. The van der Waals surface area contributed by atoms with Crippen LogP contribution in [-0.2, 0) is 9.53 Å². The zero-order chi connectivity index (χ0) is 19.0. The van der Waals surface area contributed by atoms with Crippen LogP contribution in [0.3, 0.4) is 0 Å². The molecule has 0 aromatic heterocycles. The van der Waals surface area contributed by atoms with Gasteiger partial charge in [0, 0.05) is 5.69 Å². The van der Waals surface area contributed by atoms with E-state index in [1.54, 1.807) is 20.8 Å². The number of anilines is 1. The largest absolute Gasteiger partial charge is 0.444 e. The molecule has 1 fully saturated rings. The minimum atomic E-state index is -3.31. The first-order valence-corrected chi connectivity index (χ1v) is 8.25. The van der Waals surface area contributed by atoms with Crippen molar-refractivity contribution in [2.75, 3.05) is 24.5 Å². The zero-order valence-corrected chi connectivity index (χ0v) is 15.5. The van der Waals surface area contributed by atoms with E-state index in [1.165, 1.54) is 18.2 Å². The molecule has 2 amide bonds. The molecule has 1 aromatic carbocycles. The van der Waals surface area contributed by atoms with Gasteiger partial charge >= 0.3 is 6.09 Å². The van der Waals surface area contributed by atoms with Crippen molar-refractivity contribution in [1.82, 2.24) is 4.90 Å². The smallest absolute Gasteiger partial charge is 0.410 e. The van der Waals surface area contributed by atoms with Crippen molar-refractivity contribution in [3.63, 3.8) is 0 Å². The first-order valence-electron chi connectivity index (χ1n) is 7.49. The molecular formula is C16H18Cl2F2N2O3. The van der Waals surface area contributed by atoms with Crippen LogP contribution in [0, 0.1) is 0 Å². The summed E-state index contributed by atoms with van der Waals surface area (Å²) in [7, 11) is 0. The van der Waals surface area contributed by atoms with Crippen molar-refractivity contribution in [1.29, 1.82) is 0 Å². The Balaban J connectivity index is 2.28. The lowest BCUT2D eigenvalue weighted by Gasteiger charge is -2.27. The normalized spacial score (nSPS) is 18.1. The fourth-order valence-electron chi connectivity index (χ4n) is 2.30. The van der Waals surface area contributed by atoms with Crippen LogP contribution < -0.4 is 4.90 Å². The highest BCUT2D eigenvalue weighted by Gasteiger charge is 2.43. The van der Waals surface area contributed by atoms with Crippen molar-refractivity contribution in [2.24, 2.45) is 0 Å². The number of halogens is 4. The molecule has 0 spiro atoms. The van der Waals surface area contributed by atoms with Crippen LogP contribution in [0.15, 0.2) is 18.2 Å². The number of alkyl halides is 2. The number of benzene rings is 1. The van der Waals surface area contributed by atoms with Crippen molar-refractivity contribution in [3.8, 4) is 0 Å². The van der Waals surface area contributed by atoms with E-state index >= 15 is 0 Å². The molecule has 0 radical (unpaired) electrons. The molecule has 1 aliphatic heterocycles. The Hall–Kier alpha value is -1.60. The number of ether oxygens (including phenoxy) is 1. The average molecular weight is 395 g/mol. The molecule has 25 heavy (non-hydrogen) atoms. The molecule has 1 saturated heterocycles. The van der Waals surface area contributed by atoms with E-state index in [4.69, 9.17) is 27.9 Å². The van der Waals surface area contributed by atoms with Crippen molar-refractivity contribution in [2.45, 2.75) is 32.3 Å². The van der Waals surface area contributed by atoms with E-state index in [1.807, 2.05) is 0 Å². The van der Waals surface area contributed by atoms with Gasteiger partial charge in [-0.15, -0.1) is 0 Å². The van der Waals surface area contributed by atoms with Gasteiger partial charge in [-0.3, -0.25) is 9.69 Å². The highest BCUT2D eigenvalue weighted by atomic mass is 35.5. The molecule has 2 rings (SSSR count). The van der Waals surface area contributed by atoms with Gasteiger partial charge in [0.15, 0.2) is 0 Å². The Bertz CT molecular complexity index is 692. The van der Waals surface area contributed by atoms with Crippen molar-refractivity contribution in [3.05, 3.63) is 28.2 Å². The third-order valence-corrected chi connectivity index (χ3v) is 4.04. The van der Waals surface area contributed by atoms with Gasteiger partial charge in [-0.05, 0) is 39.0 Å². The maximum atomic E-state index is 14.3. The number of hydrogen-bond donors (Lipinski definition) is 0. The standard InChI is InChI=1S/C16H18Cl2F2N2O3/c1-15(2,3)25-14(24)21-7-13(23)22(9-16(19,20)8-21)10-4-5-11(17)12(18)6-10/h4-6H,7-9H2,1-3H3. The summed E-state index contributed by atoms with van der Waals surface area (Å²) in [6.45, 7) is 2.54. The summed E-state index contributed by atoms with van der Waals surface area (Å²) < 4.78 is 33.7.